The molecule has 0 saturated heterocycles. The Kier molecular flexibility index (Phi) is 3.61. The van der Waals surface area contributed by atoms with Crippen LogP contribution in [0.15, 0.2) is 65.2 Å². The van der Waals surface area contributed by atoms with Crippen LogP contribution < -0.4 is 5.73 Å². The Bertz CT molecular complexity index is 675. The average molecular weight is 264 g/mol. The molecule has 2 aromatic carbocycles. The summed E-state index contributed by atoms with van der Waals surface area (Å²) < 4.78 is 5.52. The van der Waals surface area contributed by atoms with E-state index in [4.69, 9.17) is 10.3 Å². The highest BCUT2D eigenvalue weighted by molar-refractivity contribution is 5.81. The molecule has 0 spiro atoms. The summed E-state index contributed by atoms with van der Waals surface area (Å²) in [6.45, 7) is 0.545. The van der Waals surface area contributed by atoms with Crippen LogP contribution in [0.1, 0.15) is 5.76 Å². The van der Waals surface area contributed by atoms with Crippen LogP contribution in [0.5, 0.6) is 0 Å². The van der Waals surface area contributed by atoms with Crippen molar-refractivity contribution < 1.29 is 4.52 Å². The number of hydrogen-bond donors (Lipinski definition) is 1. The van der Waals surface area contributed by atoms with Crippen molar-refractivity contribution in [2.75, 3.05) is 6.54 Å². The molecular formula is C17H16N2O. The highest BCUT2D eigenvalue weighted by Gasteiger charge is 2.18. The van der Waals surface area contributed by atoms with Crippen molar-refractivity contribution in [3.63, 3.8) is 0 Å². The first-order valence-electron chi connectivity index (χ1n) is 6.69. The van der Waals surface area contributed by atoms with E-state index in [-0.39, 0.29) is 0 Å². The van der Waals surface area contributed by atoms with E-state index in [1.807, 2.05) is 48.5 Å². The minimum absolute atomic E-state index is 0.545. The number of hydrogen-bond acceptors (Lipinski definition) is 3. The third-order valence-electron chi connectivity index (χ3n) is 3.24. The molecule has 0 amide bonds. The molecule has 0 aliphatic heterocycles. The summed E-state index contributed by atoms with van der Waals surface area (Å²) in [7, 11) is 0. The van der Waals surface area contributed by atoms with E-state index < -0.39 is 0 Å². The molecule has 0 radical (unpaired) electrons. The summed E-state index contributed by atoms with van der Waals surface area (Å²) in [4.78, 5) is 0. The normalized spacial score (nSPS) is 10.7. The molecule has 100 valence electrons. The van der Waals surface area contributed by atoms with Gasteiger partial charge < -0.3 is 10.3 Å². The summed E-state index contributed by atoms with van der Waals surface area (Å²) in [6, 6.07) is 20.2. The predicted octanol–water partition coefficient (Wildman–Crippen LogP) is 3.51. The molecular weight excluding hydrogens is 248 g/mol. The standard InChI is InChI=1S/C17H16N2O/c18-12-11-15-16(13-7-3-1-4-8-13)17(19-20-15)14-9-5-2-6-10-14/h1-10H,11-12,18H2. The summed E-state index contributed by atoms with van der Waals surface area (Å²) in [6.07, 6.45) is 0.685. The molecule has 3 aromatic rings. The molecule has 0 atom stereocenters. The zero-order valence-corrected chi connectivity index (χ0v) is 11.1. The molecule has 3 rings (SSSR count). The van der Waals surface area contributed by atoms with Crippen LogP contribution in [0, 0.1) is 0 Å². The molecule has 0 unspecified atom stereocenters. The number of nitrogens with two attached hydrogens (primary N) is 1. The second-order valence-electron chi connectivity index (χ2n) is 4.60. The monoisotopic (exact) mass is 264 g/mol. The lowest BCUT2D eigenvalue weighted by molar-refractivity contribution is 0.387. The molecule has 2 N–H and O–H groups in total. The van der Waals surface area contributed by atoms with Gasteiger partial charge in [-0.25, -0.2) is 0 Å². The number of nitrogens with zero attached hydrogens (tertiary/aromatic N) is 1. The lowest BCUT2D eigenvalue weighted by atomic mass is 9.98. The van der Waals surface area contributed by atoms with Gasteiger partial charge in [-0.1, -0.05) is 65.8 Å². The lowest BCUT2D eigenvalue weighted by Crippen LogP contribution is -2.02. The number of aromatic nitrogens is 1. The number of rotatable bonds is 4. The van der Waals surface area contributed by atoms with Crippen molar-refractivity contribution in [3.05, 3.63) is 66.4 Å². The Morgan fingerprint density at radius 1 is 0.850 bits per heavy atom. The van der Waals surface area contributed by atoms with E-state index in [0.29, 0.717) is 13.0 Å². The first-order chi connectivity index (χ1) is 9.90. The quantitative estimate of drug-likeness (QED) is 0.784. The Balaban J connectivity index is 2.17. The Labute approximate surface area is 118 Å². The van der Waals surface area contributed by atoms with Crippen molar-refractivity contribution in [1.82, 2.24) is 5.16 Å². The Morgan fingerprint density at radius 3 is 2.05 bits per heavy atom. The van der Waals surface area contributed by atoms with Gasteiger partial charge in [-0.05, 0) is 12.1 Å². The summed E-state index contributed by atoms with van der Waals surface area (Å²) in [5, 5.41) is 4.25. The van der Waals surface area contributed by atoms with E-state index in [9.17, 15) is 0 Å². The van der Waals surface area contributed by atoms with Gasteiger partial charge in [0.1, 0.15) is 11.5 Å². The fraction of sp³-hybridized carbons (Fsp3) is 0.118. The minimum Gasteiger partial charge on any atom is -0.360 e. The molecule has 0 fully saturated rings. The van der Waals surface area contributed by atoms with Gasteiger partial charge in [0.15, 0.2) is 0 Å². The first kappa shape index (κ1) is 12.6. The smallest absolute Gasteiger partial charge is 0.146 e. The van der Waals surface area contributed by atoms with Gasteiger partial charge >= 0.3 is 0 Å². The zero-order valence-electron chi connectivity index (χ0n) is 11.1. The van der Waals surface area contributed by atoms with Crippen molar-refractivity contribution in [1.29, 1.82) is 0 Å². The first-order valence-corrected chi connectivity index (χ1v) is 6.69. The Hall–Kier alpha value is -2.39. The van der Waals surface area contributed by atoms with Gasteiger partial charge in [0.25, 0.3) is 0 Å². The predicted molar refractivity (Wildman–Crippen MR) is 80.1 cm³/mol. The maximum absolute atomic E-state index is 5.67. The molecule has 0 aliphatic rings. The molecule has 1 aromatic heterocycles. The fourth-order valence-corrected chi connectivity index (χ4v) is 2.32. The van der Waals surface area contributed by atoms with Crippen LogP contribution in [0.4, 0.5) is 0 Å². The minimum atomic E-state index is 0.545. The zero-order chi connectivity index (χ0) is 13.8. The molecule has 1 heterocycles. The maximum atomic E-state index is 5.67. The van der Waals surface area contributed by atoms with Gasteiger partial charge in [-0.3, -0.25) is 0 Å². The van der Waals surface area contributed by atoms with E-state index >= 15 is 0 Å². The molecule has 20 heavy (non-hydrogen) atoms. The van der Waals surface area contributed by atoms with Gasteiger partial charge in [-0.15, -0.1) is 0 Å². The van der Waals surface area contributed by atoms with Crippen molar-refractivity contribution in [2.45, 2.75) is 6.42 Å². The topological polar surface area (TPSA) is 52.0 Å². The van der Waals surface area contributed by atoms with E-state index in [1.54, 1.807) is 0 Å². The van der Waals surface area contributed by atoms with Gasteiger partial charge in [0, 0.05) is 12.0 Å². The van der Waals surface area contributed by atoms with Crippen LogP contribution in [0.3, 0.4) is 0 Å². The third-order valence-corrected chi connectivity index (χ3v) is 3.24. The summed E-state index contributed by atoms with van der Waals surface area (Å²) in [5.41, 5.74) is 9.75. The van der Waals surface area contributed by atoms with E-state index in [0.717, 1.165) is 28.1 Å². The van der Waals surface area contributed by atoms with Crippen molar-refractivity contribution in [3.8, 4) is 22.4 Å². The molecule has 0 aliphatic carbocycles. The second-order valence-corrected chi connectivity index (χ2v) is 4.60. The summed E-state index contributed by atoms with van der Waals surface area (Å²) in [5.74, 6) is 0.845. The lowest BCUT2D eigenvalue weighted by Gasteiger charge is -2.04. The third kappa shape index (κ3) is 2.36. The molecule has 0 bridgehead atoms. The molecule has 0 saturated carbocycles. The molecule has 3 nitrogen and oxygen atoms in total. The van der Waals surface area contributed by atoms with Crippen LogP contribution in [-0.4, -0.2) is 11.7 Å². The van der Waals surface area contributed by atoms with Gasteiger partial charge in [-0.2, -0.15) is 0 Å². The summed E-state index contributed by atoms with van der Waals surface area (Å²) >= 11 is 0. The van der Waals surface area contributed by atoms with E-state index in [1.165, 1.54) is 0 Å². The highest BCUT2D eigenvalue weighted by atomic mass is 16.5. The Morgan fingerprint density at radius 2 is 1.45 bits per heavy atom. The maximum Gasteiger partial charge on any atom is 0.146 e. The van der Waals surface area contributed by atoms with Crippen LogP contribution in [0.25, 0.3) is 22.4 Å². The van der Waals surface area contributed by atoms with Crippen molar-refractivity contribution >= 4 is 0 Å². The second kappa shape index (κ2) is 5.72. The van der Waals surface area contributed by atoms with Crippen LogP contribution in [-0.2, 0) is 6.42 Å². The van der Waals surface area contributed by atoms with Gasteiger partial charge in [0.05, 0.1) is 5.56 Å². The largest absolute Gasteiger partial charge is 0.360 e. The van der Waals surface area contributed by atoms with Crippen LogP contribution in [0.2, 0.25) is 0 Å². The highest BCUT2D eigenvalue weighted by Crippen LogP contribution is 2.34. The average Bonchev–Trinajstić information content (AvgIpc) is 2.93. The van der Waals surface area contributed by atoms with E-state index in [2.05, 4.69) is 17.3 Å². The van der Waals surface area contributed by atoms with Crippen molar-refractivity contribution in [2.24, 2.45) is 5.73 Å². The molecule has 3 heteroatoms. The van der Waals surface area contributed by atoms with Crippen LogP contribution >= 0.6 is 0 Å². The van der Waals surface area contributed by atoms with Gasteiger partial charge in [0.2, 0.25) is 0 Å². The fourth-order valence-electron chi connectivity index (χ4n) is 2.32. The SMILES string of the molecule is NCCc1onc(-c2ccccc2)c1-c1ccccc1. The number of benzene rings is 2.